The predicted octanol–water partition coefficient (Wildman–Crippen LogP) is 3.87. The molecule has 2 rings (SSSR count). The van der Waals surface area contributed by atoms with Gasteiger partial charge in [0.1, 0.15) is 11.6 Å². The first kappa shape index (κ1) is 14.5. The molecule has 0 saturated heterocycles. The molecule has 104 valence electrons. The number of amides is 1. The van der Waals surface area contributed by atoms with E-state index < -0.39 is 17.5 Å². The van der Waals surface area contributed by atoms with Gasteiger partial charge in [0.25, 0.3) is 5.91 Å². The second-order valence-electron chi connectivity index (χ2n) is 4.22. The minimum atomic E-state index is -0.957. The molecule has 0 unspecified atom stereocenters. The fraction of sp³-hybridized carbons (Fsp3) is 0.0714. The topological polar surface area (TPSA) is 55.1 Å². The van der Waals surface area contributed by atoms with E-state index in [1.54, 1.807) is 19.1 Å². The Hall–Kier alpha value is -1.95. The highest BCUT2D eigenvalue weighted by atomic mass is 79.9. The fourth-order valence-corrected chi connectivity index (χ4v) is 2.04. The van der Waals surface area contributed by atoms with Crippen molar-refractivity contribution in [1.29, 1.82) is 0 Å². The highest BCUT2D eigenvalue weighted by Gasteiger charge is 2.16. The first-order chi connectivity index (χ1) is 9.40. The lowest BCUT2D eigenvalue weighted by Gasteiger charge is -2.10. The van der Waals surface area contributed by atoms with Gasteiger partial charge in [0.05, 0.1) is 11.3 Å². The van der Waals surface area contributed by atoms with E-state index in [0.717, 1.165) is 16.1 Å². The number of hydrogen-bond acceptors (Lipinski definition) is 2. The van der Waals surface area contributed by atoms with Crippen LogP contribution in [-0.4, -0.2) is 5.91 Å². The zero-order chi connectivity index (χ0) is 14.9. The zero-order valence-corrected chi connectivity index (χ0v) is 12.1. The molecule has 0 aliphatic heterocycles. The zero-order valence-electron chi connectivity index (χ0n) is 10.5. The van der Waals surface area contributed by atoms with Gasteiger partial charge >= 0.3 is 0 Å². The van der Waals surface area contributed by atoms with Crippen LogP contribution in [-0.2, 0) is 0 Å². The molecule has 0 saturated carbocycles. The van der Waals surface area contributed by atoms with Crippen LogP contribution in [0.4, 0.5) is 20.2 Å². The smallest absolute Gasteiger partial charge is 0.258 e. The number of anilines is 2. The van der Waals surface area contributed by atoms with E-state index in [2.05, 4.69) is 21.2 Å². The third-order valence-electron chi connectivity index (χ3n) is 2.85. The quantitative estimate of drug-likeness (QED) is 0.815. The van der Waals surface area contributed by atoms with E-state index >= 15 is 0 Å². The van der Waals surface area contributed by atoms with E-state index in [-0.39, 0.29) is 11.3 Å². The van der Waals surface area contributed by atoms with Gasteiger partial charge in [0.2, 0.25) is 0 Å². The maximum absolute atomic E-state index is 13.6. The van der Waals surface area contributed by atoms with Crippen molar-refractivity contribution in [3.8, 4) is 0 Å². The molecule has 0 spiro atoms. The molecular weight excluding hydrogens is 330 g/mol. The van der Waals surface area contributed by atoms with Gasteiger partial charge < -0.3 is 11.1 Å². The van der Waals surface area contributed by atoms with Crippen LogP contribution in [0.3, 0.4) is 0 Å². The molecule has 0 radical (unpaired) electrons. The fourth-order valence-electron chi connectivity index (χ4n) is 1.67. The normalized spacial score (nSPS) is 10.4. The van der Waals surface area contributed by atoms with Gasteiger partial charge in [-0.3, -0.25) is 4.79 Å². The van der Waals surface area contributed by atoms with Crippen LogP contribution >= 0.6 is 15.9 Å². The Morgan fingerprint density at radius 1 is 1.25 bits per heavy atom. The highest BCUT2D eigenvalue weighted by Crippen LogP contribution is 2.25. The van der Waals surface area contributed by atoms with E-state index in [1.165, 1.54) is 0 Å². The number of nitrogen functional groups attached to an aromatic ring is 1. The predicted molar refractivity (Wildman–Crippen MR) is 77.6 cm³/mol. The number of nitrogens with one attached hydrogen (secondary N) is 1. The maximum atomic E-state index is 13.6. The average molecular weight is 341 g/mol. The summed E-state index contributed by atoms with van der Waals surface area (Å²) in [5, 5.41) is 2.57. The van der Waals surface area contributed by atoms with Crippen molar-refractivity contribution in [2.75, 3.05) is 11.1 Å². The molecule has 0 aromatic heterocycles. The summed E-state index contributed by atoms with van der Waals surface area (Å²) in [5.74, 6) is -2.53. The summed E-state index contributed by atoms with van der Waals surface area (Å²) in [6.07, 6.45) is 0. The van der Waals surface area contributed by atoms with Crippen LogP contribution < -0.4 is 11.1 Å². The van der Waals surface area contributed by atoms with Crippen LogP contribution in [0.25, 0.3) is 0 Å². The van der Waals surface area contributed by atoms with Crippen LogP contribution in [0.1, 0.15) is 15.9 Å². The molecule has 0 bridgehead atoms. The van der Waals surface area contributed by atoms with Crippen LogP contribution in [0, 0.1) is 18.6 Å². The van der Waals surface area contributed by atoms with Crippen molar-refractivity contribution in [2.24, 2.45) is 0 Å². The van der Waals surface area contributed by atoms with Crippen molar-refractivity contribution in [3.05, 3.63) is 57.6 Å². The van der Waals surface area contributed by atoms with Gasteiger partial charge in [-0.15, -0.1) is 0 Å². The number of hydrogen-bond donors (Lipinski definition) is 2. The van der Waals surface area contributed by atoms with Crippen molar-refractivity contribution < 1.29 is 13.6 Å². The van der Waals surface area contributed by atoms with E-state index in [9.17, 15) is 13.6 Å². The number of halogens is 3. The molecule has 0 fully saturated rings. The standard InChI is InChI=1S/C14H11BrF2N2O/c1-7-9(15)3-2-4-13(7)19-14(20)8-5-12(18)11(17)6-10(8)16/h2-6H,18H2,1H3,(H,19,20). The van der Waals surface area contributed by atoms with Crippen molar-refractivity contribution >= 4 is 33.2 Å². The molecule has 20 heavy (non-hydrogen) atoms. The largest absolute Gasteiger partial charge is 0.396 e. The third kappa shape index (κ3) is 2.80. The molecule has 3 N–H and O–H groups in total. The van der Waals surface area contributed by atoms with E-state index in [1.807, 2.05) is 6.07 Å². The Morgan fingerprint density at radius 3 is 2.65 bits per heavy atom. The number of carbonyl (C=O) groups excluding carboxylic acids is 1. The Kier molecular flexibility index (Phi) is 4.04. The van der Waals surface area contributed by atoms with Gasteiger partial charge in [-0.1, -0.05) is 22.0 Å². The Labute approximate surface area is 122 Å². The highest BCUT2D eigenvalue weighted by molar-refractivity contribution is 9.10. The lowest BCUT2D eigenvalue weighted by molar-refractivity contribution is 0.102. The summed E-state index contributed by atoms with van der Waals surface area (Å²) in [7, 11) is 0. The molecule has 0 aliphatic carbocycles. The average Bonchev–Trinajstić information content (AvgIpc) is 2.39. The first-order valence-electron chi connectivity index (χ1n) is 5.71. The molecular formula is C14H11BrF2N2O. The van der Waals surface area contributed by atoms with Crippen LogP contribution in [0.5, 0.6) is 0 Å². The SMILES string of the molecule is Cc1c(Br)cccc1NC(=O)c1cc(N)c(F)cc1F. The first-order valence-corrected chi connectivity index (χ1v) is 6.50. The number of carbonyl (C=O) groups is 1. The molecule has 3 nitrogen and oxygen atoms in total. The van der Waals surface area contributed by atoms with Gasteiger partial charge in [0, 0.05) is 16.2 Å². The van der Waals surface area contributed by atoms with Crippen molar-refractivity contribution in [3.63, 3.8) is 0 Å². The summed E-state index contributed by atoms with van der Waals surface area (Å²) in [5.41, 5.74) is 6.10. The number of benzene rings is 2. The van der Waals surface area contributed by atoms with Crippen LogP contribution in [0.2, 0.25) is 0 Å². The molecule has 2 aromatic rings. The third-order valence-corrected chi connectivity index (χ3v) is 3.71. The van der Waals surface area contributed by atoms with Gasteiger partial charge in [-0.2, -0.15) is 0 Å². The lowest BCUT2D eigenvalue weighted by Crippen LogP contribution is -2.15. The summed E-state index contributed by atoms with van der Waals surface area (Å²) in [4.78, 5) is 12.0. The van der Waals surface area contributed by atoms with Crippen molar-refractivity contribution in [1.82, 2.24) is 0 Å². The van der Waals surface area contributed by atoms with Gasteiger partial charge in [0.15, 0.2) is 0 Å². The van der Waals surface area contributed by atoms with Gasteiger partial charge in [-0.05, 0) is 30.7 Å². The van der Waals surface area contributed by atoms with Gasteiger partial charge in [-0.25, -0.2) is 8.78 Å². The minimum Gasteiger partial charge on any atom is -0.396 e. The molecule has 2 aromatic carbocycles. The number of rotatable bonds is 2. The molecule has 0 heterocycles. The molecule has 6 heteroatoms. The minimum absolute atomic E-state index is 0.275. The number of nitrogens with two attached hydrogens (primary N) is 1. The molecule has 0 aliphatic rings. The maximum Gasteiger partial charge on any atom is 0.258 e. The summed E-state index contributed by atoms with van der Waals surface area (Å²) in [6, 6.07) is 6.82. The van der Waals surface area contributed by atoms with E-state index in [0.29, 0.717) is 11.8 Å². The van der Waals surface area contributed by atoms with E-state index in [4.69, 9.17) is 5.73 Å². The second-order valence-corrected chi connectivity index (χ2v) is 5.07. The molecule has 1 amide bonds. The summed E-state index contributed by atoms with van der Waals surface area (Å²) < 4.78 is 27.5. The Balaban J connectivity index is 2.33. The molecule has 0 atom stereocenters. The summed E-state index contributed by atoms with van der Waals surface area (Å²) >= 11 is 3.33. The Morgan fingerprint density at radius 2 is 1.95 bits per heavy atom. The Bertz CT molecular complexity index is 689. The van der Waals surface area contributed by atoms with Crippen LogP contribution in [0.15, 0.2) is 34.8 Å². The second kappa shape index (κ2) is 5.58. The summed E-state index contributed by atoms with van der Waals surface area (Å²) in [6.45, 7) is 1.80. The lowest BCUT2D eigenvalue weighted by atomic mass is 10.1. The van der Waals surface area contributed by atoms with Crippen molar-refractivity contribution in [2.45, 2.75) is 6.92 Å². The monoisotopic (exact) mass is 340 g/mol.